The standard InChI is InChI=1S/C17H17N3O4S/c1-24-16(23)13-8-11-4-2-3-5-12(11)9-20(13)15(22)10-25-17-18-7-6-14(21)19-17/h2-7,13H,8-10H2,1H3,(H,18,19,21)/t13-/m1/s1. The molecule has 0 saturated carbocycles. The first kappa shape index (κ1) is 17.2. The zero-order valence-electron chi connectivity index (χ0n) is 13.6. The Hall–Kier alpha value is -2.61. The lowest BCUT2D eigenvalue weighted by atomic mass is 9.94. The van der Waals surface area contributed by atoms with Gasteiger partial charge in [0.15, 0.2) is 5.16 Å². The molecule has 2 aromatic rings. The number of aromatic amines is 1. The second-order valence-electron chi connectivity index (χ2n) is 5.56. The van der Waals surface area contributed by atoms with Crippen LogP contribution >= 0.6 is 11.8 Å². The van der Waals surface area contributed by atoms with E-state index in [1.807, 2.05) is 24.3 Å². The largest absolute Gasteiger partial charge is 0.467 e. The van der Waals surface area contributed by atoms with Gasteiger partial charge in [0.25, 0.3) is 5.56 Å². The van der Waals surface area contributed by atoms with E-state index in [2.05, 4.69) is 9.97 Å². The topological polar surface area (TPSA) is 92.4 Å². The molecular formula is C17H17N3O4S. The van der Waals surface area contributed by atoms with Crippen LogP contribution in [0.5, 0.6) is 0 Å². The van der Waals surface area contributed by atoms with E-state index in [4.69, 9.17) is 4.74 Å². The number of rotatable bonds is 4. The second-order valence-corrected chi connectivity index (χ2v) is 6.53. The van der Waals surface area contributed by atoms with Crippen LogP contribution < -0.4 is 5.56 Å². The van der Waals surface area contributed by atoms with Gasteiger partial charge in [0.1, 0.15) is 6.04 Å². The predicted molar refractivity (Wildman–Crippen MR) is 92.1 cm³/mol. The monoisotopic (exact) mass is 359 g/mol. The smallest absolute Gasteiger partial charge is 0.328 e. The van der Waals surface area contributed by atoms with Crippen molar-refractivity contribution >= 4 is 23.6 Å². The number of ether oxygens (including phenoxy) is 1. The fourth-order valence-corrected chi connectivity index (χ4v) is 3.50. The molecule has 0 saturated heterocycles. The molecule has 0 radical (unpaired) electrons. The molecule has 1 aliphatic rings. The van der Waals surface area contributed by atoms with Crippen LogP contribution in [0, 0.1) is 0 Å². The Morgan fingerprint density at radius 3 is 2.80 bits per heavy atom. The van der Waals surface area contributed by atoms with Crippen molar-refractivity contribution < 1.29 is 14.3 Å². The van der Waals surface area contributed by atoms with Crippen molar-refractivity contribution in [3.63, 3.8) is 0 Å². The van der Waals surface area contributed by atoms with E-state index in [1.54, 1.807) is 0 Å². The Bertz CT molecular complexity index is 852. The van der Waals surface area contributed by atoms with Crippen molar-refractivity contribution in [2.45, 2.75) is 24.2 Å². The molecule has 0 fully saturated rings. The highest BCUT2D eigenvalue weighted by Crippen LogP contribution is 2.25. The van der Waals surface area contributed by atoms with Crippen LogP contribution in [0.25, 0.3) is 0 Å². The number of methoxy groups -OCH3 is 1. The Morgan fingerprint density at radius 2 is 2.08 bits per heavy atom. The third-order valence-electron chi connectivity index (χ3n) is 4.02. The first-order chi connectivity index (χ1) is 12.1. The second kappa shape index (κ2) is 7.52. The molecule has 1 aliphatic heterocycles. The van der Waals surface area contributed by atoms with E-state index in [1.165, 1.54) is 24.3 Å². The maximum absolute atomic E-state index is 12.7. The van der Waals surface area contributed by atoms with Crippen molar-refractivity contribution in [3.05, 3.63) is 58.0 Å². The summed E-state index contributed by atoms with van der Waals surface area (Å²) in [4.78, 5) is 44.2. The van der Waals surface area contributed by atoms with Gasteiger partial charge in [-0.25, -0.2) is 9.78 Å². The highest BCUT2D eigenvalue weighted by Gasteiger charge is 2.35. The number of nitrogens with zero attached hydrogens (tertiary/aromatic N) is 2. The van der Waals surface area contributed by atoms with Gasteiger partial charge in [0, 0.05) is 25.2 Å². The molecule has 7 nitrogen and oxygen atoms in total. The molecule has 0 aliphatic carbocycles. The van der Waals surface area contributed by atoms with Gasteiger partial charge < -0.3 is 14.6 Å². The van der Waals surface area contributed by atoms with Crippen LogP contribution in [0.3, 0.4) is 0 Å². The summed E-state index contributed by atoms with van der Waals surface area (Å²) in [6.45, 7) is 0.355. The molecule has 0 unspecified atom stereocenters. The number of esters is 1. The van der Waals surface area contributed by atoms with E-state index in [0.717, 1.165) is 22.9 Å². The fraction of sp³-hybridized carbons (Fsp3) is 0.294. The number of hydrogen-bond donors (Lipinski definition) is 1. The van der Waals surface area contributed by atoms with Gasteiger partial charge in [-0.3, -0.25) is 9.59 Å². The van der Waals surface area contributed by atoms with Gasteiger partial charge in [-0.05, 0) is 11.1 Å². The minimum Gasteiger partial charge on any atom is -0.467 e. The normalized spacial score (nSPS) is 16.2. The van der Waals surface area contributed by atoms with Crippen molar-refractivity contribution in [2.75, 3.05) is 12.9 Å². The SMILES string of the molecule is COC(=O)[C@H]1Cc2ccccc2CN1C(=O)CSc1nccc(=O)[nH]1. The van der Waals surface area contributed by atoms with Crippen LogP contribution in [0.2, 0.25) is 0 Å². The number of aromatic nitrogens is 2. The van der Waals surface area contributed by atoms with Crippen LogP contribution in [-0.4, -0.2) is 45.6 Å². The molecule has 25 heavy (non-hydrogen) atoms. The third kappa shape index (κ3) is 3.90. The average molecular weight is 359 g/mol. The molecular weight excluding hydrogens is 342 g/mol. The molecule has 8 heteroatoms. The zero-order valence-corrected chi connectivity index (χ0v) is 14.4. The highest BCUT2D eigenvalue weighted by atomic mass is 32.2. The highest BCUT2D eigenvalue weighted by molar-refractivity contribution is 7.99. The van der Waals surface area contributed by atoms with Crippen LogP contribution in [-0.2, 0) is 27.3 Å². The summed E-state index contributed by atoms with van der Waals surface area (Å²) in [6, 6.07) is 8.40. The van der Waals surface area contributed by atoms with Gasteiger partial charge >= 0.3 is 5.97 Å². The van der Waals surface area contributed by atoms with Crippen LogP contribution in [0.15, 0.2) is 46.5 Å². The molecule has 130 valence electrons. The van der Waals surface area contributed by atoms with Crippen molar-refractivity contribution in [3.8, 4) is 0 Å². The van der Waals surface area contributed by atoms with E-state index < -0.39 is 12.0 Å². The predicted octanol–water partition coefficient (Wildman–Crippen LogP) is 0.988. The fourth-order valence-electron chi connectivity index (χ4n) is 2.77. The van der Waals surface area contributed by atoms with Gasteiger partial charge in [-0.1, -0.05) is 36.0 Å². The lowest BCUT2D eigenvalue weighted by Gasteiger charge is -2.35. The summed E-state index contributed by atoms with van der Waals surface area (Å²) in [5, 5.41) is 0.368. The van der Waals surface area contributed by atoms with Crippen molar-refractivity contribution in [2.24, 2.45) is 0 Å². The molecule has 1 atom stereocenters. The Balaban J connectivity index is 1.76. The Kier molecular flexibility index (Phi) is 5.18. The van der Waals surface area contributed by atoms with Crippen LogP contribution in [0.4, 0.5) is 0 Å². The molecule has 1 aromatic carbocycles. The number of fused-ring (bicyclic) bond motifs is 1. The molecule has 1 aromatic heterocycles. The summed E-state index contributed by atoms with van der Waals surface area (Å²) in [5.74, 6) is -0.566. The number of carbonyl (C=O) groups is 2. The van der Waals surface area contributed by atoms with Crippen molar-refractivity contribution in [1.82, 2.24) is 14.9 Å². The van der Waals surface area contributed by atoms with E-state index >= 15 is 0 Å². The quantitative estimate of drug-likeness (QED) is 0.497. The lowest BCUT2D eigenvalue weighted by Crippen LogP contribution is -2.49. The number of carbonyl (C=O) groups excluding carboxylic acids is 2. The molecule has 2 heterocycles. The minimum absolute atomic E-state index is 0.0720. The number of nitrogens with one attached hydrogen (secondary N) is 1. The maximum atomic E-state index is 12.7. The maximum Gasteiger partial charge on any atom is 0.328 e. The number of thioether (sulfide) groups is 1. The number of H-pyrrole nitrogens is 1. The van der Waals surface area contributed by atoms with E-state index in [0.29, 0.717) is 18.1 Å². The van der Waals surface area contributed by atoms with Gasteiger partial charge in [0.2, 0.25) is 5.91 Å². The Morgan fingerprint density at radius 1 is 1.32 bits per heavy atom. The summed E-state index contributed by atoms with van der Waals surface area (Å²) in [7, 11) is 1.32. The van der Waals surface area contributed by atoms with E-state index in [9.17, 15) is 14.4 Å². The Labute approximate surface area is 148 Å². The third-order valence-corrected chi connectivity index (χ3v) is 4.89. The summed E-state index contributed by atoms with van der Waals surface area (Å²) in [5.41, 5.74) is 1.79. The molecule has 0 bridgehead atoms. The van der Waals surface area contributed by atoms with E-state index in [-0.39, 0.29) is 17.2 Å². The summed E-state index contributed by atoms with van der Waals surface area (Å²) in [6.07, 6.45) is 1.82. The summed E-state index contributed by atoms with van der Waals surface area (Å²) < 4.78 is 4.86. The summed E-state index contributed by atoms with van der Waals surface area (Å²) >= 11 is 1.13. The molecule has 3 rings (SSSR count). The average Bonchev–Trinajstić information content (AvgIpc) is 2.64. The molecule has 0 spiro atoms. The van der Waals surface area contributed by atoms with Gasteiger partial charge in [0.05, 0.1) is 12.9 Å². The van der Waals surface area contributed by atoms with Gasteiger partial charge in [-0.2, -0.15) is 0 Å². The molecule has 1 amide bonds. The number of amides is 1. The number of hydrogen-bond acceptors (Lipinski definition) is 6. The van der Waals surface area contributed by atoms with Crippen molar-refractivity contribution in [1.29, 1.82) is 0 Å². The first-order valence-corrected chi connectivity index (χ1v) is 8.69. The first-order valence-electron chi connectivity index (χ1n) is 7.70. The lowest BCUT2D eigenvalue weighted by molar-refractivity contribution is -0.153. The number of benzene rings is 1. The molecule has 1 N–H and O–H groups in total. The zero-order chi connectivity index (χ0) is 17.8. The minimum atomic E-state index is -0.643. The van der Waals surface area contributed by atoms with Crippen LogP contribution in [0.1, 0.15) is 11.1 Å². The van der Waals surface area contributed by atoms with Gasteiger partial charge in [-0.15, -0.1) is 0 Å².